The fourth-order valence-corrected chi connectivity index (χ4v) is 3.30. The summed E-state index contributed by atoms with van der Waals surface area (Å²) in [5, 5.41) is 7.26. The molecule has 0 radical (unpaired) electrons. The van der Waals surface area contributed by atoms with Crippen LogP contribution < -0.4 is 5.32 Å². The van der Waals surface area contributed by atoms with Gasteiger partial charge in [0.25, 0.3) is 0 Å². The maximum absolute atomic E-state index is 4.67. The van der Waals surface area contributed by atoms with Gasteiger partial charge in [-0.2, -0.15) is 11.3 Å². The Labute approximate surface area is 119 Å². The van der Waals surface area contributed by atoms with Crippen LogP contribution in [0.4, 0.5) is 5.82 Å². The molecule has 2 aromatic rings. The molecular formula is C12H14IN3S. The summed E-state index contributed by atoms with van der Waals surface area (Å²) < 4.78 is 1.11. The van der Waals surface area contributed by atoms with E-state index in [1.54, 1.807) is 11.3 Å². The highest BCUT2D eigenvalue weighted by atomic mass is 127. The molecule has 90 valence electrons. The summed E-state index contributed by atoms with van der Waals surface area (Å²) in [5.74, 6) is 2.11. The number of anilines is 1. The number of rotatable bonds is 3. The number of hydrogen-bond donors (Lipinski definition) is 1. The van der Waals surface area contributed by atoms with Crippen LogP contribution in [0.3, 0.4) is 0 Å². The number of halogens is 1. The summed E-state index contributed by atoms with van der Waals surface area (Å²) in [4.78, 5) is 9.22. The first kappa shape index (κ1) is 12.8. The molecule has 0 saturated carbocycles. The number of nitrogens with zero attached hydrogens (tertiary/aromatic N) is 2. The molecule has 2 rings (SSSR count). The van der Waals surface area contributed by atoms with Crippen LogP contribution in [0.1, 0.15) is 25.5 Å². The Balaban J connectivity index is 2.59. The van der Waals surface area contributed by atoms with Crippen molar-refractivity contribution in [1.29, 1.82) is 0 Å². The summed E-state index contributed by atoms with van der Waals surface area (Å²) >= 11 is 3.97. The second kappa shape index (κ2) is 5.30. The third kappa shape index (κ3) is 2.60. The summed E-state index contributed by atoms with van der Waals surface area (Å²) in [7, 11) is 1.89. The molecule has 0 fully saturated rings. The average Bonchev–Trinajstić information content (AvgIpc) is 2.82. The number of hydrogen-bond acceptors (Lipinski definition) is 4. The number of thiophene rings is 1. The Bertz CT molecular complexity index is 509. The first-order valence-corrected chi connectivity index (χ1v) is 7.43. The van der Waals surface area contributed by atoms with Gasteiger partial charge < -0.3 is 5.32 Å². The Morgan fingerprint density at radius 1 is 1.35 bits per heavy atom. The Hall–Kier alpha value is -0.690. The summed E-state index contributed by atoms with van der Waals surface area (Å²) in [6.45, 7) is 4.31. The molecule has 0 atom stereocenters. The van der Waals surface area contributed by atoms with Crippen LogP contribution in [0.25, 0.3) is 11.4 Å². The van der Waals surface area contributed by atoms with Crippen LogP contribution in [-0.2, 0) is 0 Å². The third-order valence-electron chi connectivity index (χ3n) is 2.44. The van der Waals surface area contributed by atoms with E-state index in [0.29, 0.717) is 5.92 Å². The summed E-state index contributed by atoms with van der Waals surface area (Å²) in [6, 6.07) is 2.05. The summed E-state index contributed by atoms with van der Waals surface area (Å²) in [6.07, 6.45) is 0. The molecular weight excluding hydrogens is 345 g/mol. The van der Waals surface area contributed by atoms with Crippen LogP contribution in [0.2, 0.25) is 0 Å². The van der Waals surface area contributed by atoms with Gasteiger partial charge in [0, 0.05) is 18.0 Å². The minimum atomic E-state index is 0.398. The zero-order chi connectivity index (χ0) is 12.4. The Morgan fingerprint density at radius 3 is 2.65 bits per heavy atom. The monoisotopic (exact) mass is 359 g/mol. The number of aromatic nitrogens is 2. The lowest BCUT2D eigenvalue weighted by Gasteiger charge is -2.12. The lowest BCUT2D eigenvalue weighted by molar-refractivity contribution is 0.809. The zero-order valence-electron chi connectivity index (χ0n) is 9.99. The van der Waals surface area contributed by atoms with Gasteiger partial charge in [0.2, 0.25) is 0 Å². The van der Waals surface area contributed by atoms with Crippen molar-refractivity contribution in [3.63, 3.8) is 0 Å². The predicted molar refractivity (Wildman–Crippen MR) is 81.7 cm³/mol. The van der Waals surface area contributed by atoms with Crippen LogP contribution in [0.5, 0.6) is 0 Å². The topological polar surface area (TPSA) is 37.8 Å². The molecule has 2 aromatic heterocycles. The molecule has 2 heterocycles. The largest absolute Gasteiger partial charge is 0.372 e. The Kier molecular flexibility index (Phi) is 3.98. The van der Waals surface area contributed by atoms with Crippen LogP contribution in [0.15, 0.2) is 16.8 Å². The lowest BCUT2D eigenvalue weighted by Crippen LogP contribution is -2.06. The van der Waals surface area contributed by atoms with Gasteiger partial charge in [-0.25, -0.2) is 9.97 Å². The van der Waals surface area contributed by atoms with Crippen LogP contribution in [-0.4, -0.2) is 17.0 Å². The molecule has 3 nitrogen and oxygen atoms in total. The van der Waals surface area contributed by atoms with Crippen molar-refractivity contribution in [2.24, 2.45) is 0 Å². The van der Waals surface area contributed by atoms with Crippen molar-refractivity contribution in [3.8, 4) is 11.4 Å². The van der Waals surface area contributed by atoms with E-state index in [9.17, 15) is 0 Å². The van der Waals surface area contributed by atoms with Crippen molar-refractivity contribution in [1.82, 2.24) is 9.97 Å². The third-order valence-corrected chi connectivity index (χ3v) is 4.19. The van der Waals surface area contributed by atoms with Crippen molar-refractivity contribution >= 4 is 39.7 Å². The van der Waals surface area contributed by atoms with Crippen molar-refractivity contribution < 1.29 is 0 Å². The van der Waals surface area contributed by atoms with Gasteiger partial charge in [-0.15, -0.1) is 0 Å². The molecule has 1 N–H and O–H groups in total. The normalized spacial score (nSPS) is 10.9. The maximum atomic E-state index is 4.67. The standard InChI is InChI=1S/C12H14IN3S/c1-7(2)10-9(13)12(14-3)16-11(15-10)8-4-5-17-6-8/h4-7H,1-3H3,(H,14,15,16). The van der Waals surface area contributed by atoms with E-state index in [-0.39, 0.29) is 0 Å². The second-order valence-corrected chi connectivity index (χ2v) is 5.87. The minimum Gasteiger partial charge on any atom is -0.372 e. The van der Waals surface area contributed by atoms with Gasteiger partial charge in [-0.05, 0) is 40.0 Å². The predicted octanol–water partition coefficient (Wildman–Crippen LogP) is 3.97. The molecule has 0 aliphatic carbocycles. The van der Waals surface area contributed by atoms with Gasteiger partial charge in [-0.3, -0.25) is 0 Å². The molecule has 0 aliphatic rings. The average molecular weight is 359 g/mol. The molecule has 0 aliphatic heterocycles. The summed E-state index contributed by atoms with van der Waals surface area (Å²) in [5.41, 5.74) is 2.19. The smallest absolute Gasteiger partial charge is 0.162 e. The highest BCUT2D eigenvalue weighted by Crippen LogP contribution is 2.28. The van der Waals surface area contributed by atoms with Gasteiger partial charge in [-0.1, -0.05) is 13.8 Å². The lowest BCUT2D eigenvalue weighted by atomic mass is 10.1. The van der Waals surface area contributed by atoms with E-state index in [0.717, 1.165) is 26.5 Å². The molecule has 0 spiro atoms. The molecule has 0 aromatic carbocycles. The second-order valence-electron chi connectivity index (χ2n) is 4.01. The van der Waals surface area contributed by atoms with Crippen LogP contribution in [0, 0.1) is 3.57 Å². The van der Waals surface area contributed by atoms with E-state index >= 15 is 0 Å². The van der Waals surface area contributed by atoms with E-state index in [1.165, 1.54) is 0 Å². The molecule has 0 saturated heterocycles. The minimum absolute atomic E-state index is 0.398. The highest BCUT2D eigenvalue weighted by Gasteiger charge is 2.15. The van der Waals surface area contributed by atoms with E-state index in [2.05, 4.69) is 63.2 Å². The first-order chi connectivity index (χ1) is 8.13. The maximum Gasteiger partial charge on any atom is 0.162 e. The fraction of sp³-hybridized carbons (Fsp3) is 0.333. The van der Waals surface area contributed by atoms with Gasteiger partial charge in [0.05, 0.1) is 9.26 Å². The molecule has 0 bridgehead atoms. The molecule has 5 heteroatoms. The first-order valence-electron chi connectivity index (χ1n) is 5.41. The fourth-order valence-electron chi connectivity index (χ4n) is 1.53. The van der Waals surface area contributed by atoms with Crippen molar-refractivity contribution in [2.45, 2.75) is 19.8 Å². The van der Waals surface area contributed by atoms with Crippen molar-refractivity contribution in [3.05, 3.63) is 26.1 Å². The highest BCUT2D eigenvalue weighted by molar-refractivity contribution is 14.1. The van der Waals surface area contributed by atoms with Crippen LogP contribution >= 0.6 is 33.9 Å². The zero-order valence-corrected chi connectivity index (χ0v) is 13.0. The quantitative estimate of drug-likeness (QED) is 0.843. The SMILES string of the molecule is CNc1nc(-c2ccsc2)nc(C(C)C)c1I. The number of nitrogens with one attached hydrogen (secondary N) is 1. The van der Waals surface area contributed by atoms with E-state index < -0.39 is 0 Å². The van der Waals surface area contributed by atoms with E-state index in [1.807, 2.05) is 12.4 Å². The van der Waals surface area contributed by atoms with Gasteiger partial charge >= 0.3 is 0 Å². The van der Waals surface area contributed by atoms with Gasteiger partial charge in [0.15, 0.2) is 5.82 Å². The molecule has 17 heavy (non-hydrogen) atoms. The van der Waals surface area contributed by atoms with Gasteiger partial charge in [0.1, 0.15) is 5.82 Å². The Morgan fingerprint density at radius 2 is 2.12 bits per heavy atom. The van der Waals surface area contributed by atoms with Crippen molar-refractivity contribution in [2.75, 3.05) is 12.4 Å². The van der Waals surface area contributed by atoms with E-state index in [4.69, 9.17) is 0 Å². The molecule has 0 amide bonds. The molecule has 0 unspecified atom stereocenters.